The van der Waals surface area contributed by atoms with Gasteiger partial charge < -0.3 is 9.47 Å². The number of ether oxygens (including phenoxy) is 2. The number of hydrogen-bond donors (Lipinski definition) is 0. The van der Waals surface area contributed by atoms with E-state index in [4.69, 9.17) is 21.6 Å². The van der Waals surface area contributed by atoms with Crippen molar-refractivity contribution in [2.24, 2.45) is 0 Å². The lowest BCUT2D eigenvalue weighted by atomic mass is 10.2. The molecule has 0 heterocycles. The van der Waals surface area contributed by atoms with Crippen molar-refractivity contribution in [3.8, 4) is 11.8 Å². The molecule has 0 fully saturated rings. The summed E-state index contributed by atoms with van der Waals surface area (Å²) in [6.07, 6.45) is -0.857. The van der Waals surface area contributed by atoms with Crippen LogP contribution in [0.1, 0.15) is 12.5 Å². The van der Waals surface area contributed by atoms with Crippen LogP contribution in [0.2, 0.25) is 5.02 Å². The van der Waals surface area contributed by atoms with Gasteiger partial charge in [-0.1, -0.05) is 11.6 Å². The summed E-state index contributed by atoms with van der Waals surface area (Å²) in [6, 6.07) is 7.12. The van der Waals surface area contributed by atoms with Crippen molar-refractivity contribution in [2.75, 3.05) is 6.61 Å². The van der Waals surface area contributed by atoms with Crippen molar-refractivity contribution in [3.05, 3.63) is 28.8 Å². The predicted molar refractivity (Wildman–Crippen MR) is 52.7 cm³/mol. The number of benzene rings is 1. The molecule has 77 valence electrons. The molecule has 0 amide bonds. The molecular weight excluding hydrogens is 218 g/mol. The number of rotatable bonds is 2. The molecule has 0 aliphatic heterocycles. The Kier molecular flexibility index (Phi) is 3.95. The van der Waals surface area contributed by atoms with Gasteiger partial charge in [-0.25, -0.2) is 4.79 Å². The molecule has 0 unspecified atom stereocenters. The summed E-state index contributed by atoms with van der Waals surface area (Å²) in [5.74, 6) is 0.0837. The molecule has 0 aliphatic carbocycles. The lowest BCUT2D eigenvalue weighted by molar-refractivity contribution is 0.104. The molecule has 1 rings (SSSR count). The molecule has 0 N–H and O–H groups in total. The Morgan fingerprint density at radius 2 is 2.47 bits per heavy atom. The summed E-state index contributed by atoms with van der Waals surface area (Å²) < 4.78 is 9.32. The summed E-state index contributed by atoms with van der Waals surface area (Å²) in [4.78, 5) is 11.0. The van der Waals surface area contributed by atoms with Crippen molar-refractivity contribution in [1.82, 2.24) is 0 Å². The van der Waals surface area contributed by atoms with E-state index >= 15 is 0 Å². The topological polar surface area (TPSA) is 59.3 Å². The maximum atomic E-state index is 11.0. The molecule has 0 aliphatic rings. The van der Waals surface area contributed by atoms with E-state index < -0.39 is 6.16 Å². The molecule has 0 bridgehead atoms. The Morgan fingerprint density at radius 1 is 1.73 bits per heavy atom. The zero-order chi connectivity index (χ0) is 11.3. The van der Waals surface area contributed by atoms with Gasteiger partial charge in [-0.05, 0) is 19.1 Å². The highest BCUT2D eigenvalue weighted by atomic mass is 35.5. The molecule has 0 saturated carbocycles. The van der Waals surface area contributed by atoms with E-state index in [2.05, 4.69) is 10.8 Å². The van der Waals surface area contributed by atoms with Crippen LogP contribution in [0.25, 0.3) is 0 Å². The number of halogens is 1. The fourth-order valence-electron chi connectivity index (χ4n) is 0.861. The van der Waals surface area contributed by atoms with E-state index in [1.165, 1.54) is 12.1 Å². The van der Waals surface area contributed by atoms with Gasteiger partial charge in [-0.3, -0.25) is 0 Å². The van der Waals surface area contributed by atoms with Gasteiger partial charge in [0, 0.05) is 6.07 Å². The van der Waals surface area contributed by atoms with Crippen molar-refractivity contribution in [1.29, 1.82) is 5.26 Å². The average Bonchev–Trinajstić information content (AvgIpc) is 2.21. The SMILES string of the molecule is CCOC(=O)Oc1c[c]c(Cl)cc1C#N. The maximum absolute atomic E-state index is 11.0. The molecule has 5 heteroatoms. The van der Waals surface area contributed by atoms with Crippen LogP contribution < -0.4 is 4.74 Å². The van der Waals surface area contributed by atoms with Crippen LogP contribution in [-0.2, 0) is 4.74 Å². The zero-order valence-electron chi connectivity index (χ0n) is 7.91. The van der Waals surface area contributed by atoms with E-state index in [-0.39, 0.29) is 22.9 Å². The maximum Gasteiger partial charge on any atom is 0.513 e. The number of nitrogens with zero attached hydrogens (tertiary/aromatic N) is 1. The van der Waals surface area contributed by atoms with E-state index in [1.807, 2.05) is 6.07 Å². The van der Waals surface area contributed by atoms with Crippen LogP contribution in [0, 0.1) is 17.4 Å². The lowest BCUT2D eigenvalue weighted by Gasteiger charge is -2.05. The first kappa shape index (κ1) is 11.3. The second-order valence-electron chi connectivity index (χ2n) is 2.46. The highest BCUT2D eigenvalue weighted by Gasteiger charge is 2.10. The third-order valence-corrected chi connectivity index (χ3v) is 1.67. The molecule has 15 heavy (non-hydrogen) atoms. The standard InChI is InChI=1S/C10H7ClNO3/c1-2-14-10(13)15-9-4-3-8(11)5-7(9)6-12/h4-5H,2H2,1H3. The average molecular weight is 225 g/mol. The monoisotopic (exact) mass is 224 g/mol. The van der Waals surface area contributed by atoms with Gasteiger partial charge in [-0.15, -0.1) is 0 Å². The minimum absolute atomic E-state index is 0.0837. The molecule has 4 nitrogen and oxygen atoms in total. The van der Waals surface area contributed by atoms with Crippen molar-refractivity contribution in [3.63, 3.8) is 0 Å². The van der Waals surface area contributed by atoms with Gasteiger partial charge in [0.15, 0.2) is 5.75 Å². The van der Waals surface area contributed by atoms with Gasteiger partial charge in [0.05, 0.1) is 17.2 Å². The summed E-state index contributed by atoms with van der Waals surface area (Å²) in [7, 11) is 0. The first-order valence-corrected chi connectivity index (χ1v) is 4.51. The minimum atomic E-state index is -0.857. The smallest absolute Gasteiger partial charge is 0.434 e. The summed E-state index contributed by atoms with van der Waals surface area (Å²) >= 11 is 5.61. The third kappa shape index (κ3) is 3.15. The van der Waals surface area contributed by atoms with Crippen molar-refractivity contribution >= 4 is 17.8 Å². The summed E-state index contributed by atoms with van der Waals surface area (Å²) in [5, 5.41) is 9.01. The molecule has 0 spiro atoms. The fraction of sp³-hybridized carbons (Fsp3) is 0.200. The second-order valence-corrected chi connectivity index (χ2v) is 2.86. The Hall–Kier alpha value is -1.73. The number of hydrogen-bond acceptors (Lipinski definition) is 4. The Morgan fingerprint density at radius 3 is 3.07 bits per heavy atom. The molecule has 1 aromatic rings. The van der Waals surface area contributed by atoms with Gasteiger partial charge in [-0.2, -0.15) is 5.26 Å². The highest BCUT2D eigenvalue weighted by Crippen LogP contribution is 2.21. The largest absolute Gasteiger partial charge is 0.513 e. The Labute approximate surface area is 92.0 Å². The predicted octanol–water partition coefficient (Wildman–Crippen LogP) is 2.55. The van der Waals surface area contributed by atoms with Crippen LogP contribution in [0.4, 0.5) is 4.79 Å². The van der Waals surface area contributed by atoms with Crippen LogP contribution in [0.5, 0.6) is 5.75 Å². The lowest BCUT2D eigenvalue weighted by Crippen LogP contribution is -2.10. The normalized spacial score (nSPS) is 9.13. The van der Waals surface area contributed by atoms with Gasteiger partial charge >= 0.3 is 6.16 Å². The number of nitriles is 1. The second kappa shape index (κ2) is 5.23. The minimum Gasteiger partial charge on any atom is -0.434 e. The van der Waals surface area contributed by atoms with Gasteiger partial charge in [0.1, 0.15) is 6.07 Å². The van der Waals surface area contributed by atoms with Gasteiger partial charge in [0.25, 0.3) is 0 Å². The summed E-state index contributed by atoms with van der Waals surface area (Å²) in [6.45, 7) is 1.86. The van der Waals surface area contributed by atoms with Crippen molar-refractivity contribution < 1.29 is 14.3 Å². The molecule has 1 radical (unpaired) electrons. The summed E-state index contributed by atoms with van der Waals surface area (Å²) in [5.41, 5.74) is 0.159. The van der Waals surface area contributed by atoms with Crippen LogP contribution in [-0.4, -0.2) is 12.8 Å². The van der Waals surface area contributed by atoms with Gasteiger partial charge in [0.2, 0.25) is 0 Å². The first-order chi connectivity index (χ1) is 7.17. The van der Waals surface area contributed by atoms with Crippen LogP contribution >= 0.6 is 11.6 Å². The van der Waals surface area contributed by atoms with E-state index in [0.29, 0.717) is 0 Å². The Bertz CT molecular complexity index is 412. The number of carbonyl (C=O) groups excluding carboxylic acids is 1. The first-order valence-electron chi connectivity index (χ1n) is 4.13. The fourth-order valence-corrected chi connectivity index (χ4v) is 1.02. The highest BCUT2D eigenvalue weighted by molar-refractivity contribution is 6.30. The van der Waals surface area contributed by atoms with Crippen LogP contribution in [0.15, 0.2) is 12.1 Å². The molecule has 1 aromatic carbocycles. The molecule has 0 atom stereocenters. The molecular formula is C10H7ClNO3. The number of carbonyl (C=O) groups is 1. The molecule has 0 saturated heterocycles. The molecule has 0 aromatic heterocycles. The van der Waals surface area contributed by atoms with Crippen LogP contribution in [0.3, 0.4) is 0 Å². The van der Waals surface area contributed by atoms with Crippen molar-refractivity contribution in [2.45, 2.75) is 6.92 Å². The third-order valence-electron chi connectivity index (χ3n) is 1.45. The Balaban J connectivity index is 2.86. The zero-order valence-corrected chi connectivity index (χ0v) is 8.67. The van der Waals surface area contributed by atoms with E-state index in [0.717, 1.165) is 0 Å². The quantitative estimate of drug-likeness (QED) is 0.572. The van der Waals surface area contributed by atoms with E-state index in [1.54, 1.807) is 6.92 Å². The van der Waals surface area contributed by atoms with E-state index in [9.17, 15) is 4.79 Å².